The van der Waals surface area contributed by atoms with Gasteiger partial charge in [-0.3, -0.25) is 33.6 Å². The predicted molar refractivity (Wildman–Crippen MR) is 281 cm³/mol. The van der Waals surface area contributed by atoms with Gasteiger partial charge in [-0.15, -0.1) is 32.9 Å². The van der Waals surface area contributed by atoms with Crippen LogP contribution in [0.4, 0.5) is 0 Å². The zero-order chi connectivity index (χ0) is 51.9. The van der Waals surface area contributed by atoms with Crippen molar-refractivity contribution >= 4 is 63.6 Å². The summed E-state index contributed by atoms with van der Waals surface area (Å²) in [7, 11) is 0. The van der Waals surface area contributed by atoms with Crippen molar-refractivity contribution in [1.82, 2.24) is 45.5 Å². The minimum atomic E-state index is -0.937. The number of likely N-dealkylation sites (tertiary alicyclic amines) is 2. The molecule has 0 bridgehead atoms. The van der Waals surface area contributed by atoms with Gasteiger partial charge in [0.2, 0.25) is 23.6 Å². The number of piperidine rings is 1. The number of rotatable bonds is 15. The molecule has 5 atom stereocenters. The lowest BCUT2D eigenvalue weighted by atomic mass is 9.85. The van der Waals surface area contributed by atoms with E-state index >= 15 is 0 Å². The lowest BCUT2D eigenvalue weighted by Gasteiger charge is -2.40. The van der Waals surface area contributed by atoms with Gasteiger partial charge < -0.3 is 35.8 Å². The number of aromatic nitrogens is 4. The van der Waals surface area contributed by atoms with E-state index in [0.29, 0.717) is 42.5 Å². The summed E-state index contributed by atoms with van der Waals surface area (Å²) in [4.78, 5) is 70.4. The van der Waals surface area contributed by atoms with Crippen molar-refractivity contribution in [3.63, 3.8) is 0 Å². The van der Waals surface area contributed by atoms with E-state index in [1.165, 1.54) is 21.1 Å². The molecule has 5 N–H and O–H groups in total. The summed E-state index contributed by atoms with van der Waals surface area (Å²) in [6.45, 7) is 14.8. The maximum absolute atomic E-state index is 14.3. The molecule has 1 aliphatic carbocycles. The molecule has 3 fully saturated rings. The van der Waals surface area contributed by atoms with Crippen LogP contribution in [0.15, 0.2) is 59.0 Å². The number of fused-ring (bicyclic) bond motifs is 3. The first kappa shape index (κ1) is 52.5. The number of halogens is 1. The first-order chi connectivity index (χ1) is 34.8. The highest BCUT2D eigenvalue weighted by Crippen LogP contribution is 2.40. The molecule has 9 rings (SSSR count). The number of β-amino-alcohol motifs (C(OH)–C–C–N with tert-alkyl or cyclic N) is 1. The van der Waals surface area contributed by atoms with Crippen LogP contribution in [0.3, 0.4) is 0 Å². The molecule has 20 heteroatoms. The number of nitrogens with one attached hydrogen (secondary N) is 3. The first-order valence-electron chi connectivity index (χ1n) is 25.1. The zero-order valence-corrected chi connectivity index (χ0v) is 44.7. The highest BCUT2D eigenvalue weighted by Gasteiger charge is 2.45. The molecule has 4 aliphatic rings. The molecule has 4 amide bonds. The topological polar surface area (TPSA) is 216 Å². The molecule has 0 unspecified atom stereocenters. The molecule has 3 aliphatic heterocycles. The number of thiazole rings is 1. The fraction of sp³-hybridized carbons (Fsp3) is 0.509. The van der Waals surface area contributed by atoms with Crippen LogP contribution in [0.2, 0.25) is 5.02 Å². The number of hydrogen-bond acceptors (Lipinski definition) is 14. The second-order valence-corrected chi connectivity index (χ2v) is 23.5. The monoisotopic (exact) mass is 1050 g/mol. The molecule has 2 aromatic carbocycles. The number of benzene rings is 2. The third-order valence-electron chi connectivity index (χ3n) is 14.6. The van der Waals surface area contributed by atoms with Crippen LogP contribution in [0.1, 0.15) is 123 Å². The fourth-order valence-corrected chi connectivity index (χ4v) is 12.5. The maximum atomic E-state index is 14.3. The Morgan fingerprint density at radius 2 is 1.62 bits per heavy atom. The average Bonchev–Trinajstić information content (AvgIpc) is 4.13. The Morgan fingerprint density at radius 1 is 0.918 bits per heavy atom. The van der Waals surface area contributed by atoms with Crippen molar-refractivity contribution < 1.29 is 34.1 Å². The summed E-state index contributed by atoms with van der Waals surface area (Å²) in [5, 5.41) is 40.2. The number of aliphatic hydroxyl groups is 2. The van der Waals surface area contributed by atoms with Crippen molar-refractivity contribution in [2.24, 2.45) is 10.4 Å². The normalized spacial score (nSPS) is 22.1. The fourth-order valence-electron chi connectivity index (χ4n) is 10.3. The number of nitrogens with zero attached hydrogens (tertiary/aromatic N) is 7. The first-order valence-corrected chi connectivity index (χ1v) is 27.2. The summed E-state index contributed by atoms with van der Waals surface area (Å²) in [6.07, 6.45) is 2.24. The number of thiophene rings is 1. The zero-order valence-electron chi connectivity index (χ0n) is 42.4. The van der Waals surface area contributed by atoms with E-state index < -0.39 is 41.6 Å². The Labute approximate surface area is 438 Å². The van der Waals surface area contributed by atoms with E-state index in [1.54, 1.807) is 16.8 Å². The van der Waals surface area contributed by atoms with Gasteiger partial charge in [0.1, 0.15) is 29.0 Å². The number of carbonyl (C=O) groups excluding carboxylic acids is 4. The average molecular weight is 1050 g/mol. The van der Waals surface area contributed by atoms with Crippen LogP contribution in [-0.4, -0.2) is 132 Å². The van der Waals surface area contributed by atoms with Crippen LogP contribution < -0.4 is 16.0 Å². The lowest BCUT2D eigenvalue weighted by Crippen LogP contribution is -2.59. The molecule has 6 heterocycles. The smallest absolute Gasteiger partial charge is 0.246 e. The Balaban J connectivity index is 0.735. The van der Waals surface area contributed by atoms with Crippen molar-refractivity contribution in [3.05, 3.63) is 104 Å². The minimum Gasteiger partial charge on any atom is -0.391 e. The van der Waals surface area contributed by atoms with E-state index in [9.17, 15) is 29.4 Å². The lowest BCUT2D eigenvalue weighted by molar-refractivity contribution is -0.144. The van der Waals surface area contributed by atoms with Gasteiger partial charge in [-0.2, -0.15) is 0 Å². The van der Waals surface area contributed by atoms with Gasteiger partial charge in [-0.1, -0.05) is 68.8 Å². The number of ether oxygens (including phenoxy) is 1. The maximum Gasteiger partial charge on any atom is 0.246 e. The SMILES string of the molecule is Cc1sc2c(c1C)C(c1ccc(Cl)cc1)=N[C@@H](CC(=O)N[C@H]1C[C@H](OC3CCN(CC(=O)N[C@H](C(=O)N4C[C@H](O)C[C@H]4C(=O)N[C@@H](C)c4ccc(-c5scnc5CO)cc4)C(C)(C)C)CC3)C1)c1nnc(C)n1-2. The number of aliphatic imine (C=N–C) groups is 1. The van der Waals surface area contributed by atoms with E-state index in [1.807, 2.05) is 87.7 Å². The van der Waals surface area contributed by atoms with Crippen LogP contribution in [-0.2, 0) is 30.5 Å². The number of amides is 4. The van der Waals surface area contributed by atoms with Crippen LogP contribution in [0, 0.1) is 26.2 Å². The standard InChI is InChI=1S/C53H65ClN10O7S2/c1-28-30(3)73-52-45(28)46(33-12-14-35(54)15-13-33)58-40(49-61-60-31(4)64(49)52)23-43(67)57-36-20-39(21-36)71-38-16-18-62(19-17-38)25-44(68)59-48(53(5,6)7)51(70)63-24-37(66)22-42(63)50(69)56-29(2)32-8-10-34(11-9-32)47-41(26-65)55-27-72-47/h8-15,27,29,36-40,42,48,65-66H,16-26H2,1-7H3,(H,56,69)(H,57,67)(H,59,68)/t29-,36-,37+,39-,40-,42-,48+/m0/s1. The molecular weight excluding hydrogens is 988 g/mol. The van der Waals surface area contributed by atoms with Crippen LogP contribution in [0.25, 0.3) is 15.4 Å². The molecule has 3 aromatic heterocycles. The van der Waals surface area contributed by atoms with E-state index in [4.69, 9.17) is 21.3 Å². The van der Waals surface area contributed by atoms with Crippen molar-refractivity contribution in [3.8, 4) is 15.4 Å². The largest absolute Gasteiger partial charge is 0.391 e. The molecule has 17 nitrogen and oxygen atoms in total. The molecule has 0 radical (unpaired) electrons. The van der Waals surface area contributed by atoms with Gasteiger partial charge in [0.05, 0.1) is 65.7 Å². The molecule has 5 aromatic rings. The summed E-state index contributed by atoms with van der Waals surface area (Å²) in [6, 6.07) is 12.5. The number of aliphatic hydroxyl groups excluding tert-OH is 2. The summed E-state index contributed by atoms with van der Waals surface area (Å²) in [5.74, 6) is 0.173. The van der Waals surface area contributed by atoms with Gasteiger partial charge in [-0.05, 0) is 87.6 Å². The Hall–Kier alpha value is -5.41. The molecular formula is C53H65ClN10O7S2. The highest BCUT2D eigenvalue weighted by molar-refractivity contribution is 7.15. The van der Waals surface area contributed by atoms with Crippen molar-refractivity contribution in [1.29, 1.82) is 0 Å². The molecule has 388 valence electrons. The quantitative estimate of drug-likeness (QED) is 0.0784. The van der Waals surface area contributed by atoms with Crippen LogP contribution >= 0.6 is 34.3 Å². The van der Waals surface area contributed by atoms with Crippen molar-refractivity contribution in [2.75, 3.05) is 26.2 Å². The molecule has 0 spiro atoms. The third kappa shape index (κ3) is 11.5. The summed E-state index contributed by atoms with van der Waals surface area (Å²) in [5.41, 5.74) is 7.24. The minimum absolute atomic E-state index is 0.0185. The van der Waals surface area contributed by atoms with Crippen LogP contribution in [0.5, 0.6) is 0 Å². The van der Waals surface area contributed by atoms with E-state index in [-0.39, 0.29) is 68.5 Å². The summed E-state index contributed by atoms with van der Waals surface area (Å²) >= 11 is 9.39. The van der Waals surface area contributed by atoms with E-state index in [2.05, 4.69) is 49.9 Å². The van der Waals surface area contributed by atoms with Gasteiger partial charge in [-0.25, -0.2) is 4.98 Å². The second-order valence-electron chi connectivity index (χ2n) is 21.0. The van der Waals surface area contributed by atoms with E-state index in [0.717, 1.165) is 62.1 Å². The van der Waals surface area contributed by atoms with Gasteiger partial charge in [0, 0.05) is 53.1 Å². The van der Waals surface area contributed by atoms with Gasteiger partial charge in [0.15, 0.2) is 5.82 Å². The number of carbonyl (C=O) groups is 4. The van der Waals surface area contributed by atoms with Gasteiger partial charge >= 0.3 is 0 Å². The molecule has 2 saturated heterocycles. The number of aryl methyl sites for hydroxylation is 2. The molecule has 73 heavy (non-hydrogen) atoms. The second kappa shape index (κ2) is 21.8. The Kier molecular flexibility index (Phi) is 15.7. The van der Waals surface area contributed by atoms with Crippen molar-refractivity contribution in [2.45, 2.75) is 142 Å². The number of hydrogen-bond donors (Lipinski definition) is 5. The predicted octanol–water partition coefficient (Wildman–Crippen LogP) is 6.30. The summed E-state index contributed by atoms with van der Waals surface area (Å²) < 4.78 is 8.54. The Morgan fingerprint density at radius 3 is 2.30 bits per heavy atom. The van der Waals surface area contributed by atoms with Gasteiger partial charge in [0.25, 0.3) is 0 Å². The molecule has 1 saturated carbocycles. The highest BCUT2D eigenvalue weighted by atomic mass is 35.5. The Bertz CT molecular complexity index is 2860. The third-order valence-corrected chi connectivity index (χ3v) is 17.0.